The van der Waals surface area contributed by atoms with Crippen LogP contribution in [0.15, 0.2) is 30.3 Å². The summed E-state index contributed by atoms with van der Waals surface area (Å²) in [7, 11) is 0. The van der Waals surface area contributed by atoms with Crippen molar-refractivity contribution in [3.05, 3.63) is 30.3 Å². The lowest BCUT2D eigenvalue weighted by Gasteiger charge is -2.01. The molecule has 0 aliphatic rings. The second-order valence-corrected chi connectivity index (χ2v) is 2.53. The summed E-state index contributed by atoms with van der Waals surface area (Å²) < 4.78 is 0. The smallest absolute Gasteiger partial charge is 0.162 e. The van der Waals surface area contributed by atoms with Crippen molar-refractivity contribution < 1.29 is 10.4 Å². The molecular formula is C8H8N2O2. The zero-order valence-electron chi connectivity index (χ0n) is 6.23. The predicted molar refractivity (Wildman–Crippen MR) is 44.4 cm³/mol. The third-order valence-electron chi connectivity index (χ3n) is 1.73. The quantitative estimate of drug-likeness (QED) is 0.563. The first-order valence-electron chi connectivity index (χ1n) is 3.53. The number of benzene rings is 1. The van der Waals surface area contributed by atoms with Gasteiger partial charge in [-0.2, -0.15) is 0 Å². The third kappa shape index (κ3) is 1.03. The number of para-hydroxylation sites is 1. The normalized spacial score (nSPS) is 10.5. The molecule has 4 heteroatoms. The van der Waals surface area contributed by atoms with Crippen LogP contribution in [-0.2, 0) is 0 Å². The van der Waals surface area contributed by atoms with Crippen molar-refractivity contribution in [1.29, 1.82) is 0 Å². The molecule has 0 bridgehead atoms. The highest BCUT2D eigenvalue weighted by Crippen LogP contribution is 2.19. The van der Waals surface area contributed by atoms with E-state index >= 15 is 0 Å². The topological polar surface area (TPSA) is 59.5 Å². The minimum absolute atomic E-state index is 0.0694. The Hall–Kier alpha value is -1.52. The minimum Gasteiger partial charge on any atom is -0.338 e. The van der Waals surface area contributed by atoms with E-state index in [-0.39, 0.29) is 11.0 Å². The molecule has 2 rings (SSSR count). The van der Waals surface area contributed by atoms with Crippen molar-refractivity contribution in [3.63, 3.8) is 0 Å². The molecule has 0 atom stereocenters. The lowest BCUT2D eigenvalue weighted by atomic mass is 10.2. The van der Waals surface area contributed by atoms with E-state index in [0.717, 1.165) is 10.9 Å². The van der Waals surface area contributed by atoms with Crippen molar-refractivity contribution in [2.45, 2.75) is 0 Å². The van der Waals surface area contributed by atoms with E-state index in [9.17, 15) is 0 Å². The fourth-order valence-electron chi connectivity index (χ4n) is 1.17. The highest BCUT2D eigenvalue weighted by Gasteiger charge is 2.02. The van der Waals surface area contributed by atoms with Gasteiger partial charge in [0.05, 0.1) is 0 Å². The maximum Gasteiger partial charge on any atom is 0.162 e. The van der Waals surface area contributed by atoms with Crippen LogP contribution >= 0.6 is 0 Å². The molecule has 12 heavy (non-hydrogen) atoms. The van der Waals surface area contributed by atoms with Gasteiger partial charge in [0.2, 0.25) is 0 Å². The summed E-state index contributed by atoms with van der Waals surface area (Å²) in [6.07, 6.45) is 0. The summed E-state index contributed by atoms with van der Waals surface area (Å²) in [6.45, 7) is 0. The first kappa shape index (κ1) is 7.15. The van der Waals surface area contributed by atoms with E-state index in [1.54, 1.807) is 6.07 Å². The van der Waals surface area contributed by atoms with E-state index in [0.29, 0.717) is 0 Å². The SMILES string of the molecule is ON(O)c1cc2ccccc2[nH]1. The van der Waals surface area contributed by atoms with Gasteiger partial charge in [0.1, 0.15) is 0 Å². The number of hydrogen-bond acceptors (Lipinski definition) is 3. The Labute approximate surface area is 68.6 Å². The number of H-pyrrole nitrogens is 1. The molecule has 0 saturated carbocycles. The van der Waals surface area contributed by atoms with Gasteiger partial charge in [-0.05, 0) is 12.1 Å². The van der Waals surface area contributed by atoms with Gasteiger partial charge in [0.15, 0.2) is 5.82 Å². The zero-order chi connectivity index (χ0) is 8.55. The molecule has 0 radical (unpaired) electrons. The molecule has 0 aliphatic carbocycles. The van der Waals surface area contributed by atoms with Crippen LogP contribution in [0.5, 0.6) is 0 Å². The average molecular weight is 164 g/mol. The minimum atomic E-state index is 0.0694. The van der Waals surface area contributed by atoms with Crippen molar-refractivity contribution in [3.8, 4) is 0 Å². The van der Waals surface area contributed by atoms with Crippen LogP contribution in [0.2, 0.25) is 0 Å². The van der Waals surface area contributed by atoms with Gasteiger partial charge in [0, 0.05) is 10.9 Å². The Balaban J connectivity index is 2.62. The van der Waals surface area contributed by atoms with Gasteiger partial charge in [-0.25, -0.2) is 0 Å². The number of aromatic amines is 1. The Morgan fingerprint density at radius 3 is 2.58 bits per heavy atom. The van der Waals surface area contributed by atoms with Gasteiger partial charge < -0.3 is 4.98 Å². The summed E-state index contributed by atoms with van der Waals surface area (Å²) in [4.78, 5) is 2.82. The number of fused-ring (bicyclic) bond motifs is 1. The second-order valence-electron chi connectivity index (χ2n) is 2.53. The lowest BCUT2D eigenvalue weighted by molar-refractivity contribution is 0.0271. The summed E-state index contributed by atoms with van der Waals surface area (Å²) in [5, 5.41) is 18.4. The monoisotopic (exact) mass is 164 g/mol. The lowest BCUT2D eigenvalue weighted by Crippen LogP contribution is -2.10. The Morgan fingerprint density at radius 1 is 1.17 bits per heavy atom. The fourth-order valence-corrected chi connectivity index (χ4v) is 1.17. The molecule has 62 valence electrons. The number of aromatic nitrogens is 1. The molecule has 4 nitrogen and oxygen atoms in total. The van der Waals surface area contributed by atoms with Crippen LogP contribution in [0.25, 0.3) is 10.9 Å². The Bertz CT molecular complexity index is 362. The summed E-state index contributed by atoms with van der Waals surface area (Å²) in [6, 6.07) is 9.16. The van der Waals surface area contributed by atoms with Crippen LogP contribution in [0.1, 0.15) is 0 Å². The van der Waals surface area contributed by atoms with Crippen LogP contribution < -0.4 is 5.23 Å². The zero-order valence-corrected chi connectivity index (χ0v) is 6.23. The number of nitrogens with zero attached hydrogens (tertiary/aromatic N) is 1. The molecule has 0 amide bonds. The number of anilines is 1. The standard InChI is InChI=1S/C8H8N2O2/c11-10(12)8-5-6-3-1-2-4-7(6)9-8/h1-5,9,11-12H. The van der Waals surface area contributed by atoms with Gasteiger partial charge in [-0.1, -0.05) is 18.2 Å². The van der Waals surface area contributed by atoms with E-state index < -0.39 is 0 Å². The molecule has 2 aromatic rings. The van der Waals surface area contributed by atoms with Crippen LogP contribution in [-0.4, -0.2) is 15.4 Å². The van der Waals surface area contributed by atoms with E-state index in [1.165, 1.54) is 0 Å². The summed E-state index contributed by atoms with van der Waals surface area (Å²) in [5.41, 5.74) is 0.876. The number of hydrogen-bond donors (Lipinski definition) is 3. The van der Waals surface area contributed by atoms with Crippen LogP contribution in [0.3, 0.4) is 0 Å². The molecule has 1 aromatic carbocycles. The van der Waals surface area contributed by atoms with Crippen LogP contribution in [0.4, 0.5) is 5.82 Å². The van der Waals surface area contributed by atoms with Gasteiger partial charge in [0.25, 0.3) is 0 Å². The Morgan fingerprint density at radius 2 is 1.92 bits per heavy atom. The molecule has 0 aliphatic heterocycles. The van der Waals surface area contributed by atoms with Crippen molar-refractivity contribution >= 4 is 16.7 Å². The van der Waals surface area contributed by atoms with Gasteiger partial charge in [-0.3, -0.25) is 10.4 Å². The molecular weight excluding hydrogens is 156 g/mol. The predicted octanol–water partition coefficient (Wildman–Crippen LogP) is 1.75. The number of rotatable bonds is 1. The van der Waals surface area contributed by atoms with Gasteiger partial charge in [-0.15, -0.1) is 5.23 Å². The first-order valence-corrected chi connectivity index (χ1v) is 3.53. The molecule has 3 N–H and O–H groups in total. The van der Waals surface area contributed by atoms with Crippen molar-refractivity contribution in [1.82, 2.24) is 4.98 Å². The molecule has 0 fully saturated rings. The highest BCUT2D eigenvalue weighted by molar-refractivity contribution is 5.83. The van der Waals surface area contributed by atoms with E-state index in [4.69, 9.17) is 10.4 Å². The third-order valence-corrected chi connectivity index (χ3v) is 1.73. The molecule has 1 heterocycles. The van der Waals surface area contributed by atoms with E-state index in [2.05, 4.69) is 4.98 Å². The Kier molecular flexibility index (Phi) is 1.49. The van der Waals surface area contributed by atoms with E-state index in [1.807, 2.05) is 24.3 Å². The average Bonchev–Trinajstić information content (AvgIpc) is 2.46. The fraction of sp³-hybridized carbons (Fsp3) is 0. The maximum absolute atomic E-state index is 8.68. The highest BCUT2D eigenvalue weighted by atomic mass is 16.8. The largest absolute Gasteiger partial charge is 0.338 e. The molecule has 0 unspecified atom stereocenters. The van der Waals surface area contributed by atoms with Crippen LogP contribution in [0, 0.1) is 0 Å². The van der Waals surface area contributed by atoms with Gasteiger partial charge >= 0.3 is 0 Å². The van der Waals surface area contributed by atoms with Crippen molar-refractivity contribution in [2.75, 3.05) is 5.23 Å². The summed E-state index contributed by atoms with van der Waals surface area (Å²) >= 11 is 0. The maximum atomic E-state index is 8.68. The first-order chi connectivity index (χ1) is 5.77. The number of nitrogens with one attached hydrogen (secondary N) is 1. The second kappa shape index (κ2) is 2.51. The van der Waals surface area contributed by atoms with Crippen molar-refractivity contribution in [2.24, 2.45) is 0 Å². The molecule has 1 aromatic heterocycles. The molecule has 0 spiro atoms. The summed E-state index contributed by atoms with van der Waals surface area (Å²) in [5.74, 6) is 0.260. The molecule has 0 saturated heterocycles.